The van der Waals surface area contributed by atoms with Crippen molar-refractivity contribution in [2.75, 3.05) is 19.5 Å². The molecule has 0 bridgehead atoms. The molecule has 0 radical (unpaired) electrons. The quantitative estimate of drug-likeness (QED) is 0.249. The molecule has 3 aromatic rings. The lowest BCUT2D eigenvalue weighted by atomic mass is 10.1. The SMILES string of the molecule is COc1cc(OC)c2cc(C(=O)Nc3ccc(/C(C)=N/NC(=N)N)cc3)[nH]c2c1. The molecule has 6 N–H and O–H groups in total. The van der Waals surface area contributed by atoms with Crippen molar-refractivity contribution in [3.63, 3.8) is 0 Å². The number of hydrogen-bond donors (Lipinski definition) is 5. The number of nitrogens with one attached hydrogen (secondary N) is 4. The molecule has 0 saturated carbocycles. The van der Waals surface area contributed by atoms with Gasteiger partial charge in [0.15, 0.2) is 0 Å². The number of aromatic nitrogens is 1. The number of hydrogen-bond acceptors (Lipinski definition) is 5. The summed E-state index contributed by atoms with van der Waals surface area (Å²) in [6, 6.07) is 12.5. The van der Waals surface area contributed by atoms with Crippen LogP contribution in [0.5, 0.6) is 11.5 Å². The molecule has 0 unspecified atom stereocenters. The van der Waals surface area contributed by atoms with E-state index >= 15 is 0 Å². The second-order valence-electron chi connectivity index (χ2n) is 6.23. The number of aromatic amines is 1. The second-order valence-corrected chi connectivity index (χ2v) is 6.23. The number of ether oxygens (including phenoxy) is 2. The summed E-state index contributed by atoms with van der Waals surface area (Å²) < 4.78 is 10.6. The van der Waals surface area contributed by atoms with Crippen molar-refractivity contribution in [3.8, 4) is 11.5 Å². The predicted molar refractivity (Wildman–Crippen MR) is 113 cm³/mol. The van der Waals surface area contributed by atoms with Crippen LogP contribution in [0.1, 0.15) is 23.0 Å². The molecule has 29 heavy (non-hydrogen) atoms. The third-order valence-corrected chi connectivity index (χ3v) is 4.28. The Morgan fingerprint density at radius 2 is 1.86 bits per heavy atom. The Morgan fingerprint density at radius 3 is 2.48 bits per heavy atom. The van der Waals surface area contributed by atoms with Crippen LogP contribution in [0.2, 0.25) is 0 Å². The smallest absolute Gasteiger partial charge is 0.272 e. The normalized spacial score (nSPS) is 11.2. The number of nitrogens with zero attached hydrogens (tertiary/aromatic N) is 1. The molecule has 0 aliphatic carbocycles. The molecular weight excluding hydrogens is 372 g/mol. The second kappa shape index (κ2) is 8.34. The number of fused-ring (bicyclic) bond motifs is 1. The highest BCUT2D eigenvalue weighted by Gasteiger charge is 2.14. The van der Waals surface area contributed by atoms with Gasteiger partial charge in [0, 0.05) is 23.2 Å². The number of carbonyl (C=O) groups excluding carboxylic acids is 1. The number of guanidine groups is 1. The zero-order chi connectivity index (χ0) is 21.0. The molecule has 0 fully saturated rings. The molecule has 1 aromatic heterocycles. The lowest BCUT2D eigenvalue weighted by molar-refractivity contribution is 0.102. The van der Waals surface area contributed by atoms with Crippen LogP contribution in [0.15, 0.2) is 47.6 Å². The fourth-order valence-electron chi connectivity index (χ4n) is 2.79. The van der Waals surface area contributed by atoms with E-state index in [-0.39, 0.29) is 11.9 Å². The van der Waals surface area contributed by atoms with Gasteiger partial charge in [-0.2, -0.15) is 5.10 Å². The Kier molecular flexibility index (Phi) is 5.68. The van der Waals surface area contributed by atoms with E-state index < -0.39 is 0 Å². The predicted octanol–water partition coefficient (Wildman–Crippen LogP) is 2.64. The van der Waals surface area contributed by atoms with E-state index in [1.807, 2.05) is 12.1 Å². The van der Waals surface area contributed by atoms with Gasteiger partial charge in [-0.15, -0.1) is 0 Å². The summed E-state index contributed by atoms with van der Waals surface area (Å²) in [4.78, 5) is 15.7. The van der Waals surface area contributed by atoms with Crippen LogP contribution in [0.25, 0.3) is 10.9 Å². The monoisotopic (exact) mass is 394 g/mol. The first-order chi connectivity index (χ1) is 13.9. The number of methoxy groups -OCH3 is 2. The summed E-state index contributed by atoms with van der Waals surface area (Å²) in [6.07, 6.45) is 0. The van der Waals surface area contributed by atoms with Gasteiger partial charge in [-0.1, -0.05) is 12.1 Å². The molecule has 0 spiro atoms. The summed E-state index contributed by atoms with van der Waals surface area (Å²) in [5.41, 5.74) is 10.9. The molecule has 0 aliphatic heterocycles. The first-order valence-corrected chi connectivity index (χ1v) is 8.72. The standard InChI is InChI=1S/C20H22N6O3/c1-11(25-26-20(21)22)12-4-6-13(7-5-12)23-19(27)17-10-15-16(24-17)8-14(28-2)9-18(15)29-3/h4-10,24H,1-3H3,(H,23,27)(H4,21,22,26)/b25-11+. The third-order valence-electron chi connectivity index (χ3n) is 4.28. The van der Waals surface area contributed by atoms with Crippen molar-refractivity contribution in [2.45, 2.75) is 6.92 Å². The van der Waals surface area contributed by atoms with Crippen molar-refractivity contribution >= 4 is 34.2 Å². The number of benzene rings is 2. The van der Waals surface area contributed by atoms with Gasteiger partial charge >= 0.3 is 0 Å². The molecule has 1 amide bonds. The van der Waals surface area contributed by atoms with Crippen LogP contribution in [0, 0.1) is 5.41 Å². The molecule has 150 valence electrons. The number of anilines is 1. The molecule has 1 heterocycles. The maximum Gasteiger partial charge on any atom is 0.272 e. The van der Waals surface area contributed by atoms with E-state index in [1.165, 1.54) is 0 Å². The lowest BCUT2D eigenvalue weighted by Crippen LogP contribution is -2.26. The van der Waals surface area contributed by atoms with Crippen molar-refractivity contribution in [3.05, 3.63) is 53.7 Å². The summed E-state index contributed by atoms with van der Waals surface area (Å²) in [6.45, 7) is 1.79. The summed E-state index contributed by atoms with van der Waals surface area (Å²) in [5.74, 6) is 0.738. The van der Waals surface area contributed by atoms with Crippen molar-refractivity contribution in [1.29, 1.82) is 5.41 Å². The van der Waals surface area contributed by atoms with Crippen LogP contribution in [-0.2, 0) is 0 Å². The van der Waals surface area contributed by atoms with E-state index in [9.17, 15) is 4.79 Å². The van der Waals surface area contributed by atoms with Crippen LogP contribution in [0.3, 0.4) is 0 Å². The topological polar surface area (TPSA) is 138 Å². The number of nitrogens with two attached hydrogens (primary N) is 1. The Labute approximate surface area is 167 Å². The van der Waals surface area contributed by atoms with Crippen LogP contribution in [-0.4, -0.2) is 36.8 Å². The van der Waals surface area contributed by atoms with Gasteiger partial charge in [0.1, 0.15) is 17.2 Å². The molecule has 0 aliphatic rings. The molecule has 0 saturated heterocycles. The van der Waals surface area contributed by atoms with E-state index in [2.05, 4.69) is 20.8 Å². The zero-order valence-electron chi connectivity index (χ0n) is 16.3. The summed E-state index contributed by atoms with van der Waals surface area (Å²) >= 11 is 0. The fraction of sp³-hybridized carbons (Fsp3) is 0.150. The number of amides is 1. The van der Waals surface area contributed by atoms with Crippen LogP contribution in [0.4, 0.5) is 5.69 Å². The van der Waals surface area contributed by atoms with E-state index in [1.54, 1.807) is 51.5 Å². The average molecular weight is 394 g/mol. The van der Waals surface area contributed by atoms with Crippen LogP contribution < -0.4 is 25.9 Å². The Bertz CT molecular complexity index is 1090. The highest BCUT2D eigenvalue weighted by atomic mass is 16.5. The van der Waals surface area contributed by atoms with E-state index in [4.69, 9.17) is 20.6 Å². The highest BCUT2D eigenvalue weighted by molar-refractivity contribution is 6.07. The van der Waals surface area contributed by atoms with Crippen molar-refractivity contribution in [1.82, 2.24) is 10.4 Å². The molecule has 0 atom stereocenters. The van der Waals surface area contributed by atoms with E-state index in [0.29, 0.717) is 28.6 Å². The zero-order valence-corrected chi connectivity index (χ0v) is 16.3. The Balaban J connectivity index is 1.78. The minimum Gasteiger partial charge on any atom is -0.497 e. The van der Waals surface area contributed by atoms with Gasteiger partial charge in [0.2, 0.25) is 5.96 Å². The highest BCUT2D eigenvalue weighted by Crippen LogP contribution is 2.31. The number of rotatable bonds is 6. The van der Waals surface area contributed by atoms with Crippen molar-refractivity contribution in [2.24, 2.45) is 10.8 Å². The fourth-order valence-corrected chi connectivity index (χ4v) is 2.79. The van der Waals surface area contributed by atoms with Gasteiger partial charge in [-0.05, 0) is 30.7 Å². The average Bonchev–Trinajstić information content (AvgIpc) is 3.16. The number of hydrazone groups is 1. The van der Waals surface area contributed by atoms with Gasteiger partial charge in [0.05, 0.1) is 25.4 Å². The molecular formula is C20H22N6O3. The summed E-state index contributed by atoms with van der Waals surface area (Å²) in [7, 11) is 3.14. The molecule has 2 aromatic carbocycles. The molecule has 9 heteroatoms. The number of H-pyrrole nitrogens is 1. The van der Waals surface area contributed by atoms with Gasteiger partial charge in [-0.3, -0.25) is 10.2 Å². The van der Waals surface area contributed by atoms with Crippen molar-refractivity contribution < 1.29 is 14.3 Å². The van der Waals surface area contributed by atoms with Gasteiger partial charge in [0.25, 0.3) is 5.91 Å². The largest absolute Gasteiger partial charge is 0.497 e. The first kappa shape index (κ1) is 19.7. The summed E-state index contributed by atoms with van der Waals surface area (Å²) in [5, 5.41) is 14.8. The van der Waals surface area contributed by atoms with Gasteiger partial charge in [-0.25, -0.2) is 5.43 Å². The van der Waals surface area contributed by atoms with Gasteiger partial charge < -0.3 is 25.5 Å². The lowest BCUT2D eigenvalue weighted by Gasteiger charge is -2.06. The molecule has 3 rings (SSSR count). The molecule has 9 nitrogen and oxygen atoms in total. The first-order valence-electron chi connectivity index (χ1n) is 8.72. The Morgan fingerprint density at radius 1 is 1.14 bits per heavy atom. The minimum absolute atomic E-state index is 0.235. The van der Waals surface area contributed by atoms with Crippen LogP contribution >= 0.6 is 0 Å². The number of carbonyl (C=O) groups is 1. The van der Waals surface area contributed by atoms with E-state index in [0.717, 1.165) is 16.5 Å². The third kappa shape index (κ3) is 4.46. The maximum atomic E-state index is 12.6. The maximum absolute atomic E-state index is 12.6. The Hall–Kier alpha value is -4.01. The minimum atomic E-state index is -0.279.